The van der Waals surface area contributed by atoms with Crippen LogP contribution in [0.2, 0.25) is 0 Å². The summed E-state index contributed by atoms with van der Waals surface area (Å²) in [5.74, 6) is -3.13. The summed E-state index contributed by atoms with van der Waals surface area (Å²) in [4.78, 5) is 24.1. The number of carboxylic acids is 1. The highest BCUT2D eigenvalue weighted by molar-refractivity contribution is 6.05. The van der Waals surface area contributed by atoms with Gasteiger partial charge in [0.2, 0.25) is 0 Å². The van der Waals surface area contributed by atoms with Crippen molar-refractivity contribution in [2.75, 3.05) is 6.61 Å². The molecule has 1 rings (SSSR count). The van der Waals surface area contributed by atoms with Crippen LogP contribution in [0.25, 0.3) is 0 Å². The maximum Gasteiger partial charge on any atom is 0.328 e. The van der Waals surface area contributed by atoms with Gasteiger partial charge in [0.25, 0.3) is 0 Å². The van der Waals surface area contributed by atoms with Crippen molar-refractivity contribution in [3.05, 3.63) is 47.3 Å². The molecule has 0 amide bonds. The Kier molecular flexibility index (Phi) is 5.64. The quantitative estimate of drug-likeness (QED) is 0.497. The topological polar surface area (TPSA) is 63.6 Å². The molecule has 0 bridgehead atoms. The molecular weight excluding hydrogens is 275 g/mol. The number of aliphatic carboxylic acids is 1. The molecule has 0 heterocycles. The molecule has 1 atom stereocenters. The standard InChI is InChI=1S/C16H19FO4/c1-4-21-15(20)16(14(18)19,10-9-11(2)3)12-7-5-6-8-13(12)17/h5-9H,4,10H2,1-3H3,(H,18,19). The van der Waals surface area contributed by atoms with Crippen LogP contribution in [0.1, 0.15) is 32.8 Å². The Bertz CT molecular complexity index is 561. The van der Waals surface area contributed by atoms with Crippen molar-refractivity contribution in [2.45, 2.75) is 32.6 Å². The van der Waals surface area contributed by atoms with Crippen LogP contribution in [0.4, 0.5) is 4.39 Å². The molecule has 4 nitrogen and oxygen atoms in total. The van der Waals surface area contributed by atoms with Gasteiger partial charge in [-0.05, 0) is 33.3 Å². The molecule has 0 saturated heterocycles. The minimum atomic E-state index is -2.07. The largest absolute Gasteiger partial charge is 0.480 e. The maximum absolute atomic E-state index is 14.1. The van der Waals surface area contributed by atoms with Crippen molar-refractivity contribution in [2.24, 2.45) is 0 Å². The number of hydrogen-bond donors (Lipinski definition) is 1. The Morgan fingerprint density at radius 3 is 2.43 bits per heavy atom. The third-order valence-electron chi connectivity index (χ3n) is 3.14. The maximum atomic E-state index is 14.1. The second-order valence-corrected chi connectivity index (χ2v) is 4.90. The first-order valence-electron chi connectivity index (χ1n) is 6.65. The van der Waals surface area contributed by atoms with Crippen molar-refractivity contribution in [1.29, 1.82) is 0 Å². The lowest BCUT2D eigenvalue weighted by atomic mass is 9.76. The fourth-order valence-electron chi connectivity index (χ4n) is 2.01. The number of rotatable bonds is 6. The summed E-state index contributed by atoms with van der Waals surface area (Å²) in [6, 6.07) is 5.38. The number of carbonyl (C=O) groups excluding carboxylic acids is 1. The normalized spacial score (nSPS) is 13.1. The minimum Gasteiger partial charge on any atom is -0.480 e. The number of allylic oxidation sites excluding steroid dienone is 2. The average Bonchev–Trinajstić information content (AvgIpc) is 2.41. The van der Waals surface area contributed by atoms with Crippen LogP contribution < -0.4 is 0 Å². The molecule has 1 aromatic carbocycles. The van der Waals surface area contributed by atoms with Gasteiger partial charge in [-0.25, -0.2) is 4.39 Å². The van der Waals surface area contributed by atoms with Gasteiger partial charge in [-0.3, -0.25) is 9.59 Å². The van der Waals surface area contributed by atoms with E-state index < -0.39 is 23.2 Å². The van der Waals surface area contributed by atoms with Crippen molar-refractivity contribution in [3.63, 3.8) is 0 Å². The lowest BCUT2D eigenvalue weighted by Crippen LogP contribution is -2.45. The molecule has 0 fully saturated rings. The monoisotopic (exact) mass is 294 g/mol. The van der Waals surface area contributed by atoms with E-state index in [0.717, 1.165) is 11.6 Å². The third kappa shape index (κ3) is 3.48. The van der Waals surface area contributed by atoms with E-state index in [1.165, 1.54) is 18.2 Å². The molecule has 0 aliphatic rings. The van der Waals surface area contributed by atoms with Crippen LogP contribution in [-0.2, 0) is 19.7 Å². The Balaban J connectivity index is 3.51. The van der Waals surface area contributed by atoms with Gasteiger partial charge in [0.1, 0.15) is 5.82 Å². The zero-order valence-corrected chi connectivity index (χ0v) is 12.4. The van der Waals surface area contributed by atoms with E-state index in [4.69, 9.17) is 4.74 Å². The van der Waals surface area contributed by atoms with Crippen LogP contribution >= 0.6 is 0 Å². The smallest absolute Gasteiger partial charge is 0.328 e. The highest BCUT2D eigenvalue weighted by Gasteiger charge is 2.50. The van der Waals surface area contributed by atoms with Crippen LogP contribution in [0.3, 0.4) is 0 Å². The third-order valence-corrected chi connectivity index (χ3v) is 3.14. The summed E-state index contributed by atoms with van der Waals surface area (Å²) in [6.45, 7) is 5.15. The molecular formula is C16H19FO4. The van der Waals surface area contributed by atoms with Gasteiger partial charge < -0.3 is 9.84 Å². The minimum absolute atomic E-state index is 0.0249. The van der Waals surface area contributed by atoms with Crippen molar-refractivity contribution < 1.29 is 23.8 Å². The summed E-state index contributed by atoms with van der Waals surface area (Å²) in [5.41, 5.74) is -1.42. The second-order valence-electron chi connectivity index (χ2n) is 4.90. The molecule has 0 saturated carbocycles. The van der Waals surface area contributed by atoms with Crippen LogP contribution in [0.15, 0.2) is 35.9 Å². The Morgan fingerprint density at radius 2 is 1.95 bits per heavy atom. The average molecular weight is 294 g/mol. The van der Waals surface area contributed by atoms with Gasteiger partial charge in [0, 0.05) is 5.56 Å². The van der Waals surface area contributed by atoms with Gasteiger partial charge in [-0.2, -0.15) is 0 Å². The first-order valence-corrected chi connectivity index (χ1v) is 6.65. The molecule has 0 aliphatic heterocycles. The van der Waals surface area contributed by atoms with Gasteiger partial charge in [-0.15, -0.1) is 0 Å². The molecule has 0 aromatic heterocycles. The fourth-order valence-corrected chi connectivity index (χ4v) is 2.01. The van der Waals surface area contributed by atoms with Crippen molar-refractivity contribution in [3.8, 4) is 0 Å². The number of carboxylic acid groups (broad SMARTS) is 1. The number of halogens is 1. The highest BCUT2D eigenvalue weighted by atomic mass is 19.1. The van der Waals surface area contributed by atoms with Crippen molar-refractivity contribution >= 4 is 11.9 Å². The first-order chi connectivity index (χ1) is 9.86. The molecule has 0 aliphatic carbocycles. The van der Waals surface area contributed by atoms with Crippen LogP contribution in [-0.4, -0.2) is 23.7 Å². The number of ether oxygens (including phenoxy) is 1. The predicted octanol–water partition coefficient (Wildman–Crippen LogP) is 3.07. The SMILES string of the molecule is CCOC(=O)C(CC=C(C)C)(C(=O)O)c1ccccc1F. The molecule has 5 heteroatoms. The highest BCUT2D eigenvalue weighted by Crippen LogP contribution is 2.33. The predicted molar refractivity (Wildman–Crippen MR) is 76.4 cm³/mol. The van der Waals surface area contributed by atoms with Gasteiger partial charge in [0.15, 0.2) is 5.41 Å². The van der Waals surface area contributed by atoms with E-state index in [1.54, 1.807) is 26.8 Å². The second kappa shape index (κ2) is 7.02. The Hall–Kier alpha value is -2.17. The summed E-state index contributed by atoms with van der Waals surface area (Å²) in [7, 11) is 0. The van der Waals surface area contributed by atoms with Gasteiger partial charge in [0.05, 0.1) is 6.61 Å². The Labute approximate surface area is 123 Å². The summed E-state index contributed by atoms with van der Waals surface area (Å²) in [5, 5.41) is 9.61. The fraction of sp³-hybridized carbons (Fsp3) is 0.375. The zero-order chi connectivity index (χ0) is 16.0. The summed E-state index contributed by atoms with van der Waals surface area (Å²) < 4.78 is 19.0. The Morgan fingerprint density at radius 1 is 1.33 bits per heavy atom. The summed E-state index contributed by atoms with van der Waals surface area (Å²) >= 11 is 0. The number of carbonyl (C=O) groups is 2. The molecule has 1 N–H and O–H groups in total. The van der Waals surface area contributed by atoms with Crippen LogP contribution in [0.5, 0.6) is 0 Å². The summed E-state index contributed by atoms with van der Waals surface area (Å²) in [6.07, 6.45) is 1.43. The molecule has 0 spiro atoms. The molecule has 0 radical (unpaired) electrons. The van der Waals surface area contributed by atoms with Crippen molar-refractivity contribution in [1.82, 2.24) is 0 Å². The van der Waals surface area contributed by atoms with E-state index in [2.05, 4.69) is 0 Å². The zero-order valence-electron chi connectivity index (χ0n) is 12.4. The molecule has 1 unspecified atom stereocenters. The number of esters is 1. The molecule has 114 valence electrons. The van der Waals surface area contributed by atoms with E-state index in [1.807, 2.05) is 0 Å². The first kappa shape index (κ1) is 16.9. The van der Waals surface area contributed by atoms with E-state index >= 15 is 0 Å². The van der Waals surface area contributed by atoms with E-state index in [0.29, 0.717) is 0 Å². The molecule has 21 heavy (non-hydrogen) atoms. The van der Waals surface area contributed by atoms with Crippen LogP contribution in [0, 0.1) is 5.82 Å². The number of benzene rings is 1. The lowest BCUT2D eigenvalue weighted by molar-refractivity contribution is -0.161. The van der Waals surface area contributed by atoms with Gasteiger partial charge >= 0.3 is 11.9 Å². The lowest BCUT2D eigenvalue weighted by Gasteiger charge is -2.27. The number of hydrogen-bond acceptors (Lipinski definition) is 3. The van der Waals surface area contributed by atoms with E-state index in [-0.39, 0.29) is 18.6 Å². The molecule has 1 aromatic rings. The van der Waals surface area contributed by atoms with E-state index in [9.17, 15) is 19.1 Å². The van der Waals surface area contributed by atoms with Gasteiger partial charge in [-0.1, -0.05) is 29.8 Å².